The zero-order valence-corrected chi connectivity index (χ0v) is 6.12. The Morgan fingerprint density at radius 3 is 2.73 bits per heavy atom. The van der Waals surface area contributed by atoms with Gasteiger partial charge in [0.05, 0.1) is 6.54 Å². The van der Waals surface area contributed by atoms with Crippen LogP contribution in [-0.2, 0) is 0 Å². The van der Waals surface area contributed by atoms with Gasteiger partial charge in [-0.05, 0) is 12.1 Å². The van der Waals surface area contributed by atoms with Crippen molar-refractivity contribution >= 4 is 5.69 Å². The van der Waals surface area contributed by atoms with Crippen LogP contribution in [-0.4, -0.2) is 16.6 Å². The molecule has 11 heavy (non-hydrogen) atoms. The van der Waals surface area contributed by atoms with Crippen molar-refractivity contribution in [3.05, 3.63) is 36.9 Å². The third kappa shape index (κ3) is 2.71. The highest BCUT2D eigenvalue weighted by Crippen LogP contribution is 2.02. The van der Waals surface area contributed by atoms with E-state index in [1.165, 1.54) is 0 Å². The standard InChI is InChI=1S/C8H10N2O/c1-7(11)6-10-8-2-4-9-5-3-8/h2-5,11H,1,6H2,(H,9,10). The fourth-order valence-corrected chi connectivity index (χ4v) is 0.674. The number of hydrogen-bond acceptors (Lipinski definition) is 3. The maximum atomic E-state index is 8.74. The molecular formula is C8H10N2O. The predicted molar refractivity (Wildman–Crippen MR) is 44.5 cm³/mol. The summed E-state index contributed by atoms with van der Waals surface area (Å²) in [6.07, 6.45) is 3.37. The van der Waals surface area contributed by atoms with Crippen molar-refractivity contribution in [3.63, 3.8) is 0 Å². The molecule has 0 amide bonds. The molecule has 0 aliphatic heterocycles. The van der Waals surface area contributed by atoms with Gasteiger partial charge in [0, 0.05) is 18.1 Å². The molecule has 1 heterocycles. The fraction of sp³-hybridized carbons (Fsp3) is 0.125. The molecule has 0 atom stereocenters. The summed E-state index contributed by atoms with van der Waals surface area (Å²) in [6.45, 7) is 3.73. The zero-order valence-electron chi connectivity index (χ0n) is 6.12. The average Bonchev–Trinajstić information content (AvgIpc) is 2.03. The number of hydrogen-bond donors (Lipinski definition) is 2. The van der Waals surface area contributed by atoms with E-state index < -0.39 is 0 Å². The van der Waals surface area contributed by atoms with E-state index in [9.17, 15) is 0 Å². The summed E-state index contributed by atoms with van der Waals surface area (Å²) in [5.41, 5.74) is 0.926. The zero-order chi connectivity index (χ0) is 8.10. The predicted octanol–water partition coefficient (Wildman–Crippen LogP) is 1.57. The van der Waals surface area contributed by atoms with E-state index in [2.05, 4.69) is 16.9 Å². The monoisotopic (exact) mass is 150 g/mol. The van der Waals surface area contributed by atoms with Crippen molar-refractivity contribution in [2.75, 3.05) is 11.9 Å². The van der Waals surface area contributed by atoms with E-state index in [4.69, 9.17) is 5.11 Å². The van der Waals surface area contributed by atoms with Gasteiger partial charge in [0.15, 0.2) is 0 Å². The third-order valence-electron chi connectivity index (χ3n) is 1.18. The molecule has 0 saturated heterocycles. The molecule has 0 spiro atoms. The Labute approximate surface area is 65.4 Å². The van der Waals surface area contributed by atoms with Crippen molar-refractivity contribution in [2.45, 2.75) is 0 Å². The molecule has 1 aromatic heterocycles. The summed E-state index contributed by atoms with van der Waals surface area (Å²) >= 11 is 0. The van der Waals surface area contributed by atoms with E-state index in [1.54, 1.807) is 12.4 Å². The van der Waals surface area contributed by atoms with E-state index in [1.807, 2.05) is 12.1 Å². The molecule has 0 unspecified atom stereocenters. The molecule has 58 valence electrons. The van der Waals surface area contributed by atoms with Gasteiger partial charge >= 0.3 is 0 Å². The van der Waals surface area contributed by atoms with E-state index in [0.29, 0.717) is 6.54 Å². The van der Waals surface area contributed by atoms with Crippen LogP contribution in [0.15, 0.2) is 36.9 Å². The van der Waals surface area contributed by atoms with Crippen LogP contribution >= 0.6 is 0 Å². The molecule has 1 rings (SSSR count). The van der Waals surface area contributed by atoms with E-state index in [-0.39, 0.29) is 5.76 Å². The second-order valence-corrected chi connectivity index (χ2v) is 2.16. The SMILES string of the molecule is C=C(O)CNc1ccncc1. The number of anilines is 1. The van der Waals surface area contributed by atoms with E-state index in [0.717, 1.165) is 5.69 Å². The molecule has 0 aromatic carbocycles. The van der Waals surface area contributed by atoms with Gasteiger partial charge in [-0.25, -0.2) is 0 Å². The second kappa shape index (κ2) is 3.61. The van der Waals surface area contributed by atoms with Crippen LogP contribution in [0, 0.1) is 0 Å². The van der Waals surface area contributed by atoms with Crippen LogP contribution in [0.5, 0.6) is 0 Å². The molecule has 0 fully saturated rings. The largest absolute Gasteiger partial charge is 0.511 e. The lowest BCUT2D eigenvalue weighted by molar-refractivity contribution is 0.410. The lowest BCUT2D eigenvalue weighted by Crippen LogP contribution is -2.02. The first-order valence-electron chi connectivity index (χ1n) is 3.29. The number of nitrogens with zero attached hydrogens (tertiary/aromatic N) is 1. The Kier molecular flexibility index (Phi) is 2.49. The van der Waals surface area contributed by atoms with Gasteiger partial charge in [-0.1, -0.05) is 6.58 Å². The number of aliphatic hydroxyl groups is 1. The Morgan fingerprint density at radius 1 is 1.55 bits per heavy atom. The summed E-state index contributed by atoms with van der Waals surface area (Å²) in [7, 11) is 0. The molecule has 3 heteroatoms. The highest BCUT2D eigenvalue weighted by atomic mass is 16.3. The molecule has 0 bridgehead atoms. The highest BCUT2D eigenvalue weighted by molar-refractivity contribution is 5.41. The third-order valence-corrected chi connectivity index (χ3v) is 1.18. The smallest absolute Gasteiger partial charge is 0.104 e. The van der Waals surface area contributed by atoms with Crippen LogP contribution in [0.1, 0.15) is 0 Å². The minimum atomic E-state index is 0.127. The minimum Gasteiger partial charge on any atom is -0.511 e. The molecule has 0 radical (unpaired) electrons. The summed E-state index contributed by atoms with van der Waals surface area (Å²) in [6, 6.07) is 3.64. The summed E-state index contributed by atoms with van der Waals surface area (Å²) in [5.74, 6) is 0.127. The number of nitrogens with one attached hydrogen (secondary N) is 1. The van der Waals surface area contributed by atoms with Crippen LogP contribution in [0.25, 0.3) is 0 Å². The lowest BCUT2D eigenvalue weighted by atomic mass is 10.4. The minimum absolute atomic E-state index is 0.127. The first-order valence-corrected chi connectivity index (χ1v) is 3.29. The van der Waals surface area contributed by atoms with E-state index >= 15 is 0 Å². The second-order valence-electron chi connectivity index (χ2n) is 2.16. The van der Waals surface area contributed by atoms with Crippen molar-refractivity contribution in [3.8, 4) is 0 Å². The summed E-state index contributed by atoms with van der Waals surface area (Å²) < 4.78 is 0. The van der Waals surface area contributed by atoms with Gasteiger partial charge in [0.1, 0.15) is 5.76 Å². The van der Waals surface area contributed by atoms with Crippen LogP contribution in [0.4, 0.5) is 5.69 Å². The molecule has 3 nitrogen and oxygen atoms in total. The molecule has 0 saturated carbocycles. The van der Waals surface area contributed by atoms with Crippen molar-refractivity contribution in [1.29, 1.82) is 0 Å². The quantitative estimate of drug-likeness (QED) is 0.643. The number of rotatable bonds is 3. The highest BCUT2D eigenvalue weighted by Gasteiger charge is 1.89. The number of aromatic nitrogens is 1. The topological polar surface area (TPSA) is 45.1 Å². The van der Waals surface area contributed by atoms with Gasteiger partial charge < -0.3 is 10.4 Å². The Bertz CT molecular complexity index is 233. The van der Waals surface area contributed by atoms with Crippen molar-refractivity contribution in [1.82, 2.24) is 4.98 Å². The number of pyridine rings is 1. The fourth-order valence-electron chi connectivity index (χ4n) is 0.674. The van der Waals surface area contributed by atoms with Gasteiger partial charge in [-0.3, -0.25) is 4.98 Å². The number of aliphatic hydroxyl groups excluding tert-OH is 1. The molecule has 1 aromatic rings. The van der Waals surface area contributed by atoms with Crippen LogP contribution in [0.2, 0.25) is 0 Å². The van der Waals surface area contributed by atoms with Crippen LogP contribution in [0.3, 0.4) is 0 Å². The Balaban J connectivity index is 2.45. The average molecular weight is 150 g/mol. The van der Waals surface area contributed by atoms with Gasteiger partial charge in [-0.15, -0.1) is 0 Å². The maximum absolute atomic E-state index is 8.74. The Hall–Kier alpha value is -1.51. The lowest BCUT2D eigenvalue weighted by Gasteiger charge is -2.02. The van der Waals surface area contributed by atoms with Crippen molar-refractivity contribution < 1.29 is 5.11 Å². The normalized spacial score (nSPS) is 9.09. The summed E-state index contributed by atoms with van der Waals surface area (Å²) in [5, 5.41) is 11.7. The maximum Gasteiger partial charge on any atom is 0.104 e. The molecule has 0 aliphatic rings. The summed E-state index contributed by atoms with van der Waals surface area (Å²) in [4.78, 5) is 3.85. The van der Waals surface area contributed by atoms with Gasteiger partial charge in [0.2, 0.25) is 0 Å². The first kappa shape index (κ1) is 7.60. The molecule has 0 aliphatic carbocycles. The Morgan fingerprint density at radius 2 is 2.18 bits per heavy atom. The van der Waals surface area contributed by atoms with Crippen molar-refractivity contribution in [2.24, 2.45) is 0 Å². The van der Waals surface area contributed by atoms with Crippen LogP contribution < -0.4 is 5.32 Å². The molecular weight excluding hydrogens is 140 g/mol. The molecule has 2 N–H and O–H groups in total. The van der Waals surface area contributed by atoms with Gasteiger partial charge in [-0.2, -0.15) is 0 Å². The van der Waals surface area contributed by atoms with Gasteiger partial charge in [0.25, 0.3) is 0 Å². The first-order chi connectivity index (χ1) is 5.29.